The van der Waals surface area contributed by atoms with Gasteiger partial charge in [-0.15, -0.1) is 0 Å². The number of rotatable bonds is 2. The second kappa shape index (κ2) is 6.67. The van der Waals surface area contributed by atoms with Crippen LogP contribution in [0.15, 0.2) is 36.5 Å². The molecule has 4 rings (SSSR count). The Hall–Kier alpha value is -2.91. The smallest absolute Gasteiger partial charge is 0.250 e. The third kappa shape index (κ3) is 2.94. The molecule has 0 aliphatic carbocycles. The summed E-state index contributed by atoms with van der Waals surface area (Å²) in [6, 6.07) is 11.8. The number of fused-ring (bicyclic) bond motifs is 3. The molecule has 1 aromatic carbocycles. The number of aromatic nitrogens is 1. The zero-order valence-electron chi connectivity index (χ0n) is 15.9. The third-order valence-corrected chi connectivity index (χ3v) is 5.59. The number of carbonyl (C=O) groups is 1. The van der Waals surface area contributed by atoms with Gasteiger partial charge in [0.2, 0.25) is 0 Å². The SMILES string of the molecule is CC(C)N1CCN2c3ncc(-c4ccc(C#N)cc4)cc3N(C)C(=O)[C@H]2C1. The fourth-order valence-corrected chi connectivity index (χ4v) is 3.89. The van der Waals surface area contributed by atoms with Gasteiger partial charge in [0.05, 0.1) is 17.3 Å². The Morgan fingerprint density at radius 1 is 1.19 bits per heavy atom. The number of benzene rings is 1. The lowest BCUT2D eigenvalue weighted by atomic mass is 10.0. The van der Waals surface area contributed by atoms with Crippen LogP contribution in [-0.4, -0.2) is 54.6 Å². The van der Waals surface area contributed by atoms with E-state index >= 15 is 0 Å². The summed E-state index contributed by atoms with van der Waals surface area (Å²) in [5.74, 6) is 0.995. The molecule has 0 unspecified atom stereocenters. The normalized spacial score (nSPS) is 19.7. The molecule has 138 valence electrons. The standard InChI is InChI=1S/C21H23N5O/c1-14(2)25-8-9-26-19(13-25)21(27)24(3)18-10-17(12-23-20(18)26)16-6-4-15(11-22)5-7-16/h4-7,10,12,14,19H,8-9,13H2,1-3H3/t19-/m1/s1. The number of carbonyl (C=O) groups excluding carboxylic acids is 1. The Bertz CT molecular complexity index is 915. The Labute approximate surface area is 159 Å². The highest BCUT2D eigenvalue weighted by Crippen LogP contribution is 2.37. The van der Waals surface area contributed by atoms with Gasteiger partial charge in [-0.25, -0.2) is 4.98 Å². The zero-order valence-corrected chi connectivity index (χ0v) is 15.9. The van der Waals surface area contributed by atoms with Crippen LogP contribution < -0.4 is 9.80 Å². The maximum Gasteiger partial charge on any atom is 0.250 e. The molecule has 1 aromatic heterocycles. The molecule has 2 aliphatic heterocycles. The molecule has 1 saturated heterocycles. The minimum absolute atomic E-state index is 0.117. The summed E-state index contributed by atoms with van der Waals surface area (Å²) >= 11 is 0. The van der Waals surface area contributed by atoms with Gasteiger partial charge in [0.15, 0.2) is 5.82 Å². The summed E-state index contributed by atoms with van der Waals surface area (Å²) in [7, 11) is 1.83. The van der Waals surface area contributed by atoms with E-state index in [1.54, 1.807) is 17.0 Å². The topological polar surface area (TPSA) is 63.5 Å². The van der Waals surface area contributed by atoms with Crippen LogP contribution in [0.3, 0.4) is 0 Å². The number of pyridine rings is 1. The Morgan fingerprint density at radius 3 is 2.59 bits per heavy atom. The van der Waals surface area contributed by atoms with Gasteiger partial charge in [0.25, 0.3) is 5.91 Å². The molecule has 6 nitrogen and oxygen atoms in total. The number of hydrogen-bond donors (Lipinski definition) is 0. The second-order valence-corrected chi connectivity index (χ2v) is 7.45. The fraction of sp³-hybridized carbons (Fsp3) is 0.381. The molecule has 0 bridgehead atoms. The molecule has 3 heterocycles. The van der Waals surface area contributed by atoms with E-state index in [1.807, 2.05) is 31.4 Å². The second-order valence-electron chi connectivity index (χ2n) is 7.45. The van der Waals surface area contributed by atoms with Crippen molar-refractivity contribution in [3.63, 3.8) is 0 Å². The van der Waals surface area contributed by atoms with E-state index in [0.29, 0.717) is 11.6 Å². The quantitative estimate of drug-likeness (QED) is 0.822. The number of amides is 1. The largest absolute Gasteiger partial charge is 0.340 e. The van der Waals surface area contributed by atoms with E-state index in [4.69, 9.17) is 10.2 Å². The third-order valence-electron chi connectivity index (χ3n) is 5.59. The molecule has 0 saturated carbocycles. The first-order valence-electron chi connectivity index (χ1n) is 9.28. The van der Waals surface area contributed by atoms with Gasteiger partial charge < -0.3 is 9.80 Å². The van der Waals surface area contributed by atoms with Crippen molar-refractivity contribution in [3.05, 3.63) is 42.1 Å². The summed E-state index contributed by atoms with van der Waals surface area (Å²) in [5.41, 5.74) is 3.40. The lowest BCUT2D eigenvalue weighted by molar-refractivity contribution is -0.121. The highest BCUT2D eigenvalue weighted by molar-refractivity contribution is 6.05. The van der Waals surface area contributed by atoms with Crippen molar-refractivity contribution in [1.82, 2.24) is 9.88 Å². The summed E-state index contributed by atoms with van der Waals surface area (Å²) in [5, 5.41) is 8.97. The molecular weight excluding hydrogens is 338 g/mol. The van der Waals surface area contributed by atoms with Gasteiger partial charge >= 0.3 is 0 Å². The molecule has 1 atom stereocenters. The van der Waals surface area contributed by atoms with Crippen LogP contribution in [0.25, 0.3) is 11.1 Å². The Kier molecular flexibility index (Phi) is 4.33. The van der Waals surface area contributed by atoms with Gasteiger partial charge in [-0.2, -0.15) is 5.26 Å². The van der Waals surface area contributed by atoms with Crippen LogP contribution >= 0.6 is 0 Å². The lowest BCUT2D eigenvalue weighted by Gasteiger charge is -2.47. The first kappa shape index (κ1) is 17.5. The number of nitrogens with zero attached hydrogens (tertiary/aromatic N) is 5. The summed E-state index contributed by atoms with van der Waals surface area (Å²) in [6.07, 6.45) is 1.86. The first-order chi connectivity index (χ1) is 13.0. The number of likely N-dealkylation sites (N-methyl/N-ethyl adjacent to an activating group) is 1. The monoisotopic (exact) mass is 361 g/mol. The molecule has 0 spiro atoms. The van der Waals surface area contributed by atoms with E-state index in [2.05, 4.69) is 29.7 Å². The summed E-state index contributed by atoms with van der Waals surface area (Å²) in [4.78, 5) is 24.0. The average molecular weight is 361 g/mol. The van der Waals surface area contributed by atoms with Crippen molar-refractivity contribution in [3.8, 4) is 17.2 Å². The van der Waals surface area contributed by atoms with Crippen molar-refractivity contribution in [2.24, 2.45) is 0 Å². The number of anilines is 2. The van der Waals surface area contributed by atoms with Crippen LogP contribution in [0.2, 0.25) is 0 Å². The van der Waals surface area contributed by atoms with Crippen LogP contribution in [0.4, 0.5) is 11.5 Å². The van der Waals surface area contributed by atoms with Gasteiger partial charge in [0.1, 0.15) is 6.04 Å². The lowest BCUT2D eigenvalue weighted by Crippen LogP contribution is -2.63. The van der Waals surface area contributed by atoms with E-state index in [1.165, 1.54) is 0 Å². The predicted molar refractivity (Wildman–Crippen MR) is 106 cm³/mol. The fourth-order valence-electron chi connectivity index (χ4n) is 3.89. The van der Waals surface area contributed by atoms with E-state index in [-0.39, 0.29) is 11.9 Å². The Balaban J connectivity index is 1.70. The summed E-state index contributed by atoms with van der Waals surface area (Å²) in [6.45, 7) is 6.81. The average Bonchev–Trinajstić information content (AvgIpc) is 2.71. The van der Waals surface area contributed by atoms with Gasteiger partial charge in [0, 0.05) is 44.5 Å². The molecule has 2 aliphatic rings. The van der Waals surface area contributed by atoms with Crippen LogP contribution in [0.1, 0.15) is 19.4 Å². The highest BCUT2D eigenvalue weighted by Gasteiger charge is 2.41. The van der Waals surface area contributed by atoms with E-state index in [0.717, 1.165) is 42.3 Å². The first-order valence-corrected chi connectivity index (χ1v) is 9.28. The molecule has 1 fully saturated rings. The van der Waals surface area contributed by atoms with E-state index < -0.39 is 0 Å². The maximum absolute atomic E-state index is 13.0. The molecule has 2 aromatic rings. The predicted octanol–water partition coefficient (Wildman–Crippen LogP) is 2.50. The molecule has 0 N–H and O–H groups in total. The maximum atomic E-state index is 13.0. The van der Waals surface area contributed by atoms with Crippen molar-refractivity contribution in [2.75, 3.05) is 36.5 Å². The number of nitriles is 1. The molecule has 1 amide bonds. The van der Waals surface area contributed by atoms with Crippen molar-refractivity contribution in [2.45, 2.75) is 25.9 Å². The van der Waals surface area contributed by atoms with Gasteiger partial charge in [-0.3, -0.25) is 9.69 Å². The number of piperazine rings is 1. The van der Waals surface area contributed by atoms with Crippen molar-refractivity contribution < 1.29 is 4.79 Å². The zero-order chi connectivity index (χ0) is 19.1. The molecular formula is C21H23N5O. The molecule has 0 radical (unpaired) electrons. The number of hydrogen-bond acceptors (Lipinski definition) is 5. The van der Waals surface area contributed by atoms with Crippen LogP contribution in [-0.2, 0) is 4.79 Å². The van der Waals surface area contributed by atoms with Gasteiger partial charge in [-0.05, 0) is 37.6 Å². The van der Waals surface area contributed by atoms with E-state index in [9.17, 15) is 4.79 Å². The minimum Gasteiger partial charge on any atom is -0.340 e. The highest BCUT2D eigenvalue weighted by atomic mass is 16.2. The van der Waals surface area contributed by atoms with Crippen LogP contribution in [0, 0.1) is 11.3 Å². The van der Waals surface area contributed by atoms with Crippen LogP contribution in [0.5, 0.6) is 0 Å². The van der Waals surface area contributed by atoms with Crippen molar-refractivity contribution >= 4 is 17.4 Å². The van der Waals surface area contributed by atoms with Crippen molar-refractivity contribution in [1.29, 1.82) is 5.26 Å². The summed E-state index contributed by atoms with van der Waals surface area (Å²) < 4.78 is 0. The minimum atomic E-state index is -0.174. The van der Waals surface area contributed by atoms with Gasteiger partial charge in [-0.1, -0.05) is 12.1 Å². The molecule has 6 heteroatoms. The Morgan fingerprint density at radius 2 is 1.93 bits per heavy atom. The molecule has 27 heavy (non-hydrogen) atoms.